The van der Waals surface area contributed by atoms with E-state index in [1.165, 1.54) is 10.7 Å². The molecule has 5 nitrogen and oxygen atoms in total. The summed E-state index contributed by atoms with van der Waals surface area (Å²) >= 11 is 5.93. The SMILES string of the molecule is Cc1cc(C)c(-c2nc(Cl)nc(-n3cccn3)n2)c(F)c1. The van der Waals surface area contributed by atoms with Gasteiger partial charge in [0.25, 0.3) is 5.95 Å². The van der Waals surface area contributed by atoms with Crippen LogP contribution in [0.15, 0.2) is 30.6 Å². The van der Waals surface area contributed by atoms with E-state index < -0.39 is 0 Å². The summed E-state index contributed by atoms with van der Waals surface area (Å²) < 4.78 is 15.7. The minimum atomic E-state index is -0.388. The fraction of sp³-hybridized carbons (Fsp3) is 0.143. The van der Waals surface area contributed by atoms with Gasteiger partial charge in [-0.2, -0.15) is 20.1 Å². The Kier molecular flexibility index (Phi) is 3.39. The molecule has 7 heteroatoms. The summed E-state index contributed by atoms with van der Waals surface area (Å²) in [6.07, 6.45) is 3.27. The summed E-state index contributed by atoms with van der Waals surface area (Å²) in [5.41, 5.74) is 1.89. The first-order chi connectivity index (χ1) is 10.0. The van der Waals surface area contributed by atoms with Crippen LogP contribution >= 0.6 is 11.6 Å². The minimum Gasteiger partial charge on any atom is -0.206 e. The van der Waals surface area contributed by atoms with Crippen molar-refractivity contribution in [3.63, 3.8) is 0 Å². The average Bonchev–Trinajstić information content (AvgIpc) is 2.90. The number of aryl methyl sites for hydroxylation is 2. The molecule has 0 aliphatic rings. The summed E-state index contributed by atoms with van der Waals surface area (Å²) in [4.78, 5) is 12.3. The van der Waals surface area contributed by atoms with Crippen LogP contribution in [-0.2, 0) is 0 Å². The molecule has 1 aromatic carbocycles. The lowest BCUT2D eigenvalue weighted by Crippen LogP contribution is -2.06. The molecule has 2 aromatic heterocycles. The maximum absolute atomic E-state index is 14.2. The van der Waals surface area contributed by atoms with Crippen molar-refractivity contribution in [2.75, 3.05) is 0 Å². The summed E-state index contributed by atoms with van der Waals surface area (Å²) in [7, 11) is 0. The number of halogens is 2. The Balaban J connectivity index is 2.20. The zero-order chi connectivity index (χ0) is 15.0. The standard InChI is InChI=1S/C14H11ClFN5/c1-8-6-9(2)11(10(16)7-8)12-18-13(15)20-14(19-12)21-5-3-4-17-21/h3-7H,1-2H3. The van der Waals surface area contributed by atoms with Crippen molar-refractivity contribution in [1.82, 2.24) is 24.7 Å². The van der Waals surface area contributed by atoms with Crippen LogP contribution in [0.3, 0.4) is 0 Å². The molecule has 0 aliphatic carbocycles. The van der Waals surface area contributed by atoms with Crippen LogP contribution in [0, 0.1) is 19.7 Å². The van der Waals surface area contributed by atoms with Crippen LogP contribution in [-0.4, -0.2) is 24.7 Å². The van der Waals surface area contributed by atoms with Crippen LogP contribution in [0.4, 0.5) is 4.39 Å². The van der Waals surface area contributed by atoms with Crippen LogP contribution < -0.4 is 0 Å². The fourth-order valence-electron chi connectivity index (χ4n) is 2.14. The van der Waals surface area contributed by atoms with E-state index in [4.69, 9.17) is 11.6 Å². The van der Waals surface area contributed by atoms with E-state index in [2.05, 4.69) is 20.1 Å². The smallest absolute Gasteiger partial charge is 0.206 e. The molecule has 21 heavy (non-hydrogen) atoms. The maximum atomic E-state index is 14.2. The van der Waals surface area contributed by atoms with Gasteiger partial charge < -0.3 is 0 Å². The van der Waals surface area contributed by atoms with Crippen molar-refractivity contribution in [3.05, 3.63) is 52.8 Å². The van der Waals surface area contributed by atoms with Gasteiger partial charge in [-0.1, -0.05) is 6.07 Å². The average molecular weight is 304 g/mol. The Bertz CT molecular complexity index is 778. The molecule has 0 N–H and O–H groups in total. The van der Waals surface area contributed by atoms with Gasteiger partial charge in [0.2, 0.25) is 5.28 Å². The molecule has 3 aromatic rings. The van der Waals surface area contributed by atoms with Gasteiger partial charge in [0, 0.05) is 12.4 Å². The van der Waals surface area contributed by atoms with Crippen molar-refractivity contribution < 1.29 is 4.39 Å². The third-order valence-electron chi connectivity index (χ3n) is 2.96. The molecule has 106 valence electrons. The Morgan fingerprint density at radius 1 is 1.14 bits per heavy atom. The highest BCUT2D eigenvalue weighted by molar-refractivity contribution is 6.28. The summed E-state index contributed by atoms with van der Waals surface area (Å²) in [6.45, 7) is 3.63. The normalized spacial score (nSPS) is 10.9. The maximum Gasteiger partial charge on any atom is 0.255 e. The molecule has 0 saturated heterocycles. The van der Waals surface area contributed by atoms with Crippen molar-refractivity contribution >= 4 is 11.6 Å². The van der Waals surface area contributed by atoms with Crippen molar-refractivity contribution in [2.45, 2.75) is 13.8 Å². The van der Waals surface area contributed by atoms with Gasteiger partial charge >= 0.3 is 0 Å². The van der Waals surface area contributed by atoms with E-state index in [1.54, 1.807) is 25.4 Å². The highest BCUT2D eigenvalue weighted by atomic mass is 35.5. The van der Waals surface area contributed by atoms with E-state index >= 15 is 0 Å². The van der Waals surface area contributed by atoms with Crippen LogP contribution in [0.2, 0.25) is 5.28 Å². The second kappa shape index (κ2) is 5.21. The van der Waals surface area contributed by atoms with E-state index in [0.717, 1.165) is 11.1 Å². The lowest BCUT2D eigenvalue weighted by Gasteiger charge is -2.09. The number of nitrogens with zero attached hydrogens (tertiary/aromatic N) is 5. The topological polar surface area (TPSA) is 56.5 Å². The Hall–Kier alpha value is -2.34. The van der Waals surface area contributed by atoms with Crippen LogP contribution in [0.1, 0.15) is 11.1 Å². The van der Waals surface area contributed by atoms with Crippen molar-refractivity contribution in [1.29, 1.82) is 0 Å². The number of aromatic nitrogens is 5. The molecule has 0 amide bonds. The third-order valence-corrected chi connectivity index (χ3v) is 3.13. The van der Waals surface area contributed by atoms with E-state index in [1.807, 2.05) is 13.0 Å². The van der Waals surface area contributed by atoms with Gasteiger partial charge in [-0.25, -0.2) is 9.07 Å². The highest BCUT2D eigenvalue weighted by Gasteiger charge is 2.15. The van der Waals surface area contributed by atoms with Gasteiger partial charge in [0.1, 0.15) is 5.82 Å². The molecule has 0 aliphatic heterocycles. The molecule has 0 atom stereocenters. The number of hydrogen-bond donors (Lipinski definition) is 0. The van der Waals surface area contributed by atoms with Crippen molar-refractivity contribution in [3.8, 4) is 17.3 Å². The Labute approximate surface area is 125 Å². The molecular formula is C14H11ClFN5. The predicted octanol–water partition coefficient (Wildman–Crippen LogP) is 3.13. The third kappa shape index (κ3) is 2.62. The first-order valence-electron chi connectivity index (χ1n) is 6.23. The lowest BCUT2D eigenvalue weighted by molar-refractivity contribution is 0.627. The second-order valence-electron chi connectivity index (χ2n) is 4.62. The van der Waals surface area contributed by atoms with Gasteiger partial charge in [-0.15, -0.1) is 0 Å². The van der Waals surface area contributed by atoms with Crippen LogP contribution in [0.25, 0.3) is 17.3 Å². The highest BCUT2D eigenvalue weighted by Crippen LogP contribution is 2.26. The second-order valence-corrected chi connectivity index (χ2v) is 4.96. The molecule has 0 radical (unpaired) electrons. The summed E-state index contributed by atoms with van der Waals surface area (Å²) in [5, 5.41) is 4.02. The van der Waals surface area contributed by atoms with E-state index in [9.17, 15) is 4.39 Å². The van der Waals surface area contributed by atoms with Crippen molar-refractivity contribution in [2.24, 2.45) is 0 Å². The summed E-state index contributed by atoms with van der Waals surface area (Å²) in [6, 6.07) is 5.03. The molecule has 0 unspecified atom stereocenters. The molecular weight excluding hydrogens is 293 g/mol. The Morgan fingerprint density at radius 2 is 1.95 bits per heavy atom. The molecule has 0 bridgehead atoms. The molecule has 2 heterocycles. The van der Waals surface area contributed by atoms with Gasteiger partial charge in [0.15, 0.2) is 5.82 Å². The van der Waals surface area contributed by atoms with E-state index in [-0.39, 0.29) is 22.9 Å². The summed E-state index contributed by atoms with van der Waals surface area (Å²) in [5.74, 6) is 0.0473. The van der Waals surface area contributed by atoms with Gasteiger partial charge in [-0.3, -0.25) is 0 Å². The molecule has 0 saturated carbocycles. The minimum absolute atomic E-state index is 0.00937. The predicted molar refractivity (Wildman–Crippen MR) is 76.8 cm³/mol. The van der Waals surface area contributed by atoms with Gasteiger partial charge in [0.05, 0.1) is 5.56 Å². The fourth-order valence-corrected chi connectivity index (χ4v) is 2.30. The zero-order valence-corrected chi connectivity index (χ0v) is 12.1. The Morgan fingerprint density at radius 3 is 2.62 bits per heavy atom. The number of benzene rings is 1. The molecule has 0 fully saturated rings. The first kappa shape index (κ1) is 13.6. The monoisotopic (exact) mass is 303 g/mol. The van der Waals surface area contributed by atoms with Gasteiger partial charge in [-0.05, 0) is 48.7 Å². The first-order valence-corrected chi connectivity index (χ1v) is 6.61. The molecule has 3 rings (SSSR count). The number of rotatable bonds is 2. The quantitative estimate of drug-likeness (QED) is 0.730. The zero-order valence-electron chi connectivity index (χ0n) is 11.4. The molecule has 0 spiro atoms. The lowest BCUT2D eigenvalue weighted by atomic mass is 10.0. The largest absolute Gasteiger partial charge is 0.255 e. The van der Waals surface area contributed by atoms with Crippen LogP contribution in [0.5, 0.6) is 0 Å². The van der Waals surface area contributed by atoms with E-state index in [0.29, 0.717) is 5.56 Å². The number of hydrogen-bond acceptors (Lipinski definition) is 4.